The molecule has 1 aromatic carbocycles. The van der Waals surface area contributed by atoms with Gasteiger partial charge in [0.05, 0.1) is 11.6 Å². The van der Waals surface area contributed by atoms with E-state index in [4.69, 9.17) is 16.3 Å². The van der Waals surface area contributed by atoms with E-state index in [0.29, 0.717) is 16.3 Å². The van der Waals surface area contributed by atoms with E-state index < -0.39 is 5.82 Å². The fourth-order valence-electron chi connectivity index (χ4n) is 1.45. The summed E-state index contributed by atoms with van der Waals surface area (Å²) in [6, 6.07) is 5.52. The van der Waals surface area contributed by atoms with Crippen LogP contribution in [0, 0.1) is 12.7 Å². The zero-order chi connectivity index (χ0) is 13.1. The molecule has 0 aliphatic rings. The molecule has 0 amide bonds. The first-order chi connectivity index (χ1) is 8.60. The average molecular weight is 268 g/mol. The molecule has 0 atom stereocenters. The molecule has 1 aromatic heterocycles. The number of pyridine rings is 1. The molecular formula is C13H11ClFNO2. The second-order valence-corrected chi connectivity index (χ2v) is 4.18. The number of hydrogen-bond acceptors (Lipinski definition) is 3. The largest absolute Gasteiger partial charge is 0.455 e. The topological polar surface area (TPSA) is 42.4 Å². The number of aliphatic hydroxyl groups is 1. The van der Waals surface area contributed by atoms with E-state index in [9.17, 15) is 9.50 Å². The van der Waals surface area contributed by atoms with Gasteiger partial charge in [-0.3, -0.25) is 4.98 Å². The van der Waals surface area contributed by atoms with Crippen LogP contribution in [0.1, 0.15) is 11.3 Å². The Bertz CT molecular complexity index is 575. The van der Waals surface area contributed by atoms with E-state index in [1.54, 1.807) is 13.0 Å². The SMILES string of the molecule is Cc1cc(Oc2cc(F)ccc2Cl)c(CO)cn1. The van der Waals surface area contributed by atoms with Gasteiger partial charge >= 0.3 is 0 Å². The van der Waals surface area contributed by atoms with Crippen LogP contribution in [-0.4, -0.2) is 10.1 Å². The van der Waals surface area contributed by atoms with Gasteiger partial charge in [0, 0.05) is 29.6 Å². The van der Waals surface area contributed by atoms with Crippen molar-refractivity contribution in [2.75, 3.05) is 0 Å². The molecule has 0 radical (unpaired) electrons. The minimum Gasteiger partial charge on any atom is -0.455 e. The maximum Gasteiger partial charge on any atom is 0.148 e. The van der Waals surface area contributed by atoms with E-state index in [2.05, 4.69) is 4.98 Å². The van der Waals surface area contributed by atoms with Crippen LogP contribution in [0.15, 0.2) is 30.5 Å². The molecule has 18 heavy (non-hydrogen) atoms. The monoisotopic (exact) mass is 267 g/mol. The Morgan fingerprint density at radius 3 is 2.83 bits per heavy atom. The molecule has 0 unspecified atom stereocenters. The van der Waals surface area contributed by atoms with Crippen LogP contribution in [0.2, 0.25) is 5.02 Å². The van der Waals surface area contributed by atoms with E-state index >= 15 is 0 Å². The van der Waals surface area contributed by atoms with E-state index in [0.717, 1.165) is 5.69 Å². The Labute approximate surface area is 109 Å². The first-order valence-corrected chi connectivity index (χ1v) is 5.67. The van der Waals surface area contributed by atoms with E-state index in [-0.39, 0.29) is 12.4 Å². The van der Waals surface area contributed by atoms with Gasteiger partial charge in [-0.15, -0.1) is 0 Å². The second kappa shape index (κ2) is 5.33. The number of rotatable bonds is 3. The number of aryl methyl sites for hydroxylation is 1. The molecule has 0 spiro atoms. The molecule has 1 N–H and O–H groups in total. The standard InChI is InChI=1S/C13H11ClFNO2/c1-8-4-12(9(7-17)6-16-8)18-13-5-10(15)2-3-11(13)14/h2-6,17H,7H2,1H3. The zero-order valence-electron chi connectivity index (χ0n) is 9.65. The smallest absolute Gasteiger partial charge is 0.148 e. The molecule has 0 saturated heterocycles. The number of aromatic nitrogens is 1. The van der Waals surface area contributed by atoms with Gasteiger partial charge in [0.25, 0.3) is 0 Å². The zero-order valence-corrected chi connectivity index (χ0v) is 10.4. The molecule has 0 saturated carbocycles. The summed E-state index contributed by atoms with van der Waals surface area (Å²) in [5.41, 5.74) is 1.25. The normalized spacial score (nSPS) is 10.4. The average Bonchev–Trinajstić information content (AvgIpc) is 2.34. The second-order valence-electron chi connectivity index (χ2n) is 3.77. The summed E-state index contributed by atoms with van der Waals surface area (Å²) < 4.78 is 18.6. The summed E-state index contributed by atoms with van der Waals surface area (Å²) in [5.74, 6) is 0.181. The molecular weight excluding hydrogens is 257 g/mol. The van der Waals surface area contributed by atoms with Gasteiger partial charge in [-0.2, -0.15) is 0 Å². The molecule has 0 aliphatic heterocycles. The van der Waals surface area contributed by atoms with E-state index in [1.807, 2.05) is 0 Å². The van der Waals surface area contributed by atoms with Crippen molar-refractivity contribution in [2.24, 2.45) is 0 Å². The van der Waals surface area contributed by atoms with Gasteiger partial charge in [0.2, 0.25) is 0 Å². The molecule has 1 heterocycles. The van der Waals surface area contributed by atoms with Crippen LogP contribution in [-0.2, 0) is 6.61 Å². The predicted molar refractivity (Wildman–Crippen MR) is 66.4 cm³/mol. The van der Waals surface area contributed by atoms with Gasteiger partial charge in [0.15, 0.2) is 0 Å². The Balaban J connectivity index is 2.38. The van der Waals surface area contributed by atoms with Crippen LogP contribution in [0.25, 0.3) is 0 Å². The lowest BCUT2D eigenvalue weighted by molar-refractivity contribution is 0.276. The number of aliphatic hydroxyl groups excluding tert-OH is 1. The molecule has 2 rings (SSSR count). The lowest BCUT2D eigenvalue weighted by Crippen LogP contribution is -1.95. The summed E-state index contributed by atoms with van der Waals surface area (Å²) in [5, 5.41) is 9.48. The Morgan fingerprint density at radius 1 is 1.33 bits per heavy atom. The summed E-state index contributed by atoms with van der Waals surface area (Å²) in [6.07, 6.45) is 1.51. The summed E-state index contributed by atoms with van der Waals surface area (Å²) in [6.45, 7) is 1.58. The minimum absolute atomic E-state index is 0.206. The predicted octanol–water partition coefficient (Wildman–Crippen LogP) is 3.47. The number of halogens is 2. The van der Waals surface area contributed by atoms with Crippen molar-refractivity contribution in [3.05, 3.63) is 52.6 Å². The third kappa shape index (κ3) is 2.78. The highest BCUT2D eigenvalue weighted by Crippen LogP contribution is 2.31. The van der Waals surface area contributed by atoms with Crippen molar-refractivity contribution in [2.45, 2.75) is 13.5 Å². The fraction of sp³-hybridized carbons (Fsp3) is 0.154. The molecule has 5 heteroatoms. The van der Waals surface area contributed by atoms with Gasteiger partial charge in [0.1, 0.15) is 17.3 Å². The van der Waals surface area contributed by atoms with Crippen LogP contribution < -0.4 is 4.74 Å². The summed E-state index contributed by atoms with van der Waals surface area (Å²) >= 11 is 5.91. The number of nitrogens with zero attached hydrogens (tertiary/aromatic N) is 1. The van der Waals surface area contributed by atoms with Crippen LogP contribution >= 0.6 is 11.6 Å². The molecule has 0 bridgehead atoms. The first-order valence-electron chi connectivity index (χ1n) is 5.29. The number of hydrogen-bond donors (Lipinski definition) is 1. The van der Waals surface area contributed by atoms with Crippen LogP contribution in [0.3, 0.4) is 0 Å². The maximum atomic E-state index is 13.1. The van der Waals surface area contributed by atoms with Crippen molar-refractivity contribution >= 4 is 11.6 Å². The fourth-order valence-corrected chi connectivity index (χ4v) is 1.61. The van der Waals surface area contributed by atoms with Crippen molar-refractivity contribution in [3.63, 3.8) is 0 Å². The lowest BCUT2D eigenvalue weighted by Gasteiger charge is -2.11. The Kier molecular flexibility index (Phi) is 3.79. The van der Waals surface area contributed by atoms with Gasteiger partial charge in [-0.25, -0.2) is 4.39 Å². The third-order valence-corrected chi connectivity index (χ3v) is 2.68. The van der Waals surface area contributed by atoms with Crippen molar-refractivity contribution in [3.8, 4) is 11.5 Å². The highest BCUT2D eigenvalue weighted by molar-refractivity contribution is 6.32. The quantitative estimate of drug-likeness (QED) is 0.926. The van der Waals surface area contributed by atoms with E-state index in [1.165, 1.54) is 24.4 Å². The molecule has 2 aromatic rings. The molecule has 3 nitrogen and oxygen atoms in total. The van der Waals surface area contributed by atoms with Gasteiger partial charge in [-0.05, 0) is 19.1 Å². The first kappa shape index (κ1) is 12.8. The number of benzene rings is 1. The summed E-state index contributed by atoms with van der Waals surface area (Å²) in [4.78, 5) is 4.05. The van der Waals surface area contributed by atoms with Crippen LogP contribution in [0.5, 0.6) is 11.5 Å². The van der Waals surface area contributed by atoms with Gasteiger partial charge < -0.3 is 9.84 Å². The van der Waals surface area contributed by atoms with Crippen molar-refractivity contribution in [1.29, 1.82) is 0 Å². The minimum atomic E-state index is -0.439. The molecule has 0 aliphatic carbocycles. The Morgan fingerprint density at radius 2 is 2.11 bits per heavy atom. The van der Waals surface area contributed by atoms with Crippen molar-refractivity contribution < 1.29 is 14.2 Å². The lowest BCUT2D eigenvalue weighted by atomic mass is 10.2. The molecule has 0 fully saturated rings. The van der Waals surface area contributed by atoms with Crippen LogP contribution in [0.4, 0.5) is 4.39 Å². The third-order valence-electron chi connectivity index (χ3n) is 2.36. The highest BCUT2D eigenvalue weighted by Gasteiger charge is 2.09. The molecule has 94 valence electrons. The maximum absolute atomic E-state index is 13.1. The summed E-state index contributed by atoms with van der Waals surface area (Å²) in [7, 11) is 0. The number of ether oxygens (including phenoxy) is 1. The van der Waals surface area contributed by atoms with Gasteiger partial charge in [-0.1, -0.05) is 11.6 Å². The highest BCUT2D eigenvalue weighted by atomic mass is 35.5. The van der Waals surface area contributed by atoms with Crippen molar-refractivity contribution in [1.82, 2.24) is 4.98 Å². The Hall–Kier alpha value is -1.65.